The number of alkyl halides is 3. The van der Waals surface area contributed by atoms with Crippen LogP contribution in [0.4, 0.5) is 18.9 Å². The third-order valence-electron chi connectivity index (χ3n) is 6.97. The topological polar surface area (TPSA) is 81.2 Å². The number of hydrogen-bond acceptors (Lipinski definition) is 5. The molecule has 2 aromatic carbocycles. The molecule has 204 valence electrons. The molecule has 0 unspecified atom stereocenters. The lowest BCUT2D eigenvalue weighted by Crippen LogP contribution is -2.51. The van der Waals surface area contributed by atoms with Gasteiger partial charge in [-0.25, -0.2) is 8.42 Å². The molecule has 0 spiro atoms. The lowest BCUT2D eigenvalue weighted by Gasteiger charge is -2.37. The van der Waals surface area contributed by atoms with Gasteiger partial charge < -0.3 is 4.90 Å². The quantitative estimate of drug-likeness (QED) is 0.495. The van der Waals surface area contributed by atoms with E-state index < -0.39 is 32.0 Å². The Morgan fingerprint density at radius 1 is 0.892 bits per heavy atom. The van der Waals surface area contributed by atoms with Gasteiger partial charge in [0, 0.05) is 58.5 Å². The molecule has 1 saturated carbocycles. The first-order valence-corrected chi connectivity index (χ1v) is 14.8. The smallest absolute Gasteiger partial charge is 0.369 e. The third-order valence-corrected chi connectivity index (χ3v) is 10.8. The molecule has 8 nitrogen and oxygen atoms in total. The van der Waals surface area contributed by atoms with Crippen LogP contribution in [-0.4, -0.2) is 76.1 Å². The van der Waals surface area contributed by atoms with Crippen LogP contribution >= 0.6 is 0 Å². The summed E-state index contributed by atoms with van der Waals surface area (Å²) in [5.74, 6) is 0. The minimum absolute atomic E-state index is 0.0152. The molecular formula is C24H31F3N4O4S2. The molecule has 0 radical (unpaired) electrons. The molecule has 0 bridgehead atoms. The summed E-state index contributed by atoms with van der Waals surface area (Å²) in [6, 6.07) is 11.0. The summed E-state index contributed by atoms with van der Waals surface area (Å²) in [5.41, 5.74) is -0.161. The van der Waals surface area contributed by atoms with Crippen LogP contribution < -0.4 is 4.90 Å². The van der Waals surface area contributed by atoms with Crippen LogP contribution in [0, 0.1) is 0 Å². The third kappa shape index (κ3) is 5.80. The number of anilines is 1. The molecule has 0 atom stereocenters. The van der Waals surface area contributed by atoms with E-state index in [4.69, 9.17) is 0 Å². The molecule has 1 aliphatic heterocycles. The summed E-state index contributed by atoms with van der Waals surface area (Å²) in [7, 11) is -4.59. The van der Waals surface area contributed by atoms with E-state index in [0.717, 1.165) is 18.2 Å². The van der Waals surface area contributed by atoms with Gasteiger partial charge in [-0.15, -0.1) is 0 Å². The van der Waals surface area contributed by atoms with Gasteiger partial charge in [-0.3, -0.25) is 0 Å². The molecular weight excluding hydrogens is 529 g/mol. The van der Waals surface area contributed by atoms with Crippen molar-refractivity contribution in [1.82, 2.24) is 12.9 Å². The fraction of sp³-hybridized carbons (Fsp3) is 0.500. The molecule has 0 N–H and O–H groups in total. The van der Waals surface area contributed by atoms with E-state index in [-0.39, 0.29) is 23.0 Å². The van der Waals surface area contributed by atoms with Gasteiger partial charge >= 0.3 is 6.18 Å². The normalized spacial score (nSPS) is 18.4. The largest absolute Gasteiger partial charge is 0.416 e. The average molecular weight is 561 g/mol. The zero-order chi connectivity index (χ0) is 27.0. The Morgan fingerprint density at radius 3 is 2.00 bits per heavy atom. The summed E-state index contributed by atoms with van der Waals surface area (Å²) in [4.78, 5) is 1.99. The fourth-order valence-corrected chi connectivity index (χ4v) is 7.31. The van der Waals surface area contributed by atoms with Crippen LogP contribution in [0.5, 0.6) is 0 Å². The zero-order valence-electron chi connectivity index (χ0n) is 20.7. The number of sulfonamides is 1. The van der Waals surface area contributed by atoms with E-state index in [1.165, 1.54) is 57.3 Å². The van der Waals surface area contributed by atoms with Crippen molar-refractivity contribution in [3.8, 4) is 0 Å². The Hall–Kier alpha value is -2.19. The molecule has 1 saturated heterocycles. The Labute approximate surface area is 216 Å². The second kappa shape index (κ2) is 10.5. The summed E-state index contributed by atoms with van der Waals surface area (Å²) in [6.45, 7) is 1.14. The highest BCUT2D eigenvalue weighted by Crippen LogP contribution is 2.36. The predicted octanol–water partition coefficient (Wildman–Crippen LogP) is 3.38. The van der Waals surface area contributed by atoms with Gasteiger partial charge in [0.25, 0.3) is 10.2 Å². The number of benzene rings is 2. The SMILES string of the molecule is CN(C)S(=O)(=O)N1CCN(c2ccc(S(=O)(=O)N(Cc3ccccc3C(F)(F)F)C3CCC3)cc2)CC1. The highest BCUT2D eigenvalue weighted by Gasteiger charge is 2.38. The van der Waals surface area contributed by atoms with Crippen LogP contribution in [0.3, 0.4) is 0 Å². The van der Waals surface area contributed by atoms with E-state index in [1.54, 1.807) is 12.1 Å². The summed E-state index contributed by atoms with van der Waals surface area (Å²) in [6.07, 6.45) is -2.55. The van der Waals surface area contributed by atoms with Crippen LogP contribution in [0.2, 0.25) is 0 Å². The van der Waals surface area contributed by atoms with E-state index in [9.17, 15) is 30.0 Å². The molecule has 2 aliphatic rings. The highest BCUT2D eigenvalue weighted by atomic mass is 32.2. The lowest BCUT2D eigenvalue weighted by molar-refractivity contribution is -0.138. The molecule has 2 aromatic rings. The zero-order valence-corrected chi connectivity index (χ0v) is 22.4. The second-order valence-corrected chi connectivity index (χ2v) is 13.5. The number of halogens is 3. The van der Waals surface area contributed by atoms with Crippen molar-refractivity contribution >= 4 is 25.9 Å². The monoisotopic (exact) mass is 560 g/mol. The van der Waals surface area contributed by atoms with Crippen molar-refractivity contribution in [2.24, 2.45) is 0 Å². The molecule has 1 aliphatic carbocycles. The predicted molar refractivity (Wildman–Crippen MR) is 135 cm³/mol. The molecule has 1 heterocycles. The van der Waals surface area contributed by atoms with E-state index in [1.807, 2.05) is 4.90 Å². The maximum atomic E-state index is 13.6. The molecule has 4 rings (SSSR count). The van der Waals surface area contributed by atoms with E-state index in [2.05, 4.69) is 0 Å². The first-order valence-electron chi connectivity index (χ1n) is 12.0. The van der Waals surface area contributed by atoms with Crippen molar-refractivity contribution in [2.75, 3.05) is 45.2 Å². The van der Waals surface area contributed by atoms with Gasteiger partial charge in [0.05, 0.1) is 10.5 Å². The Bertz CT molecular complexity index is 1300. The van der Waals surface area contributed by atoms with Gasteiger partial charge in [-0.1, -0.05) is 24.6 Å². The number of rotatable bonds is 8. The first-order chi connectivity index (χ1) is 17.3. The number of hydrogen-bond donors (Lipinski definition) is 0. The Kier molecular flexibility index (Phi) is 7.92. The van der Waals surface area contributed by atoms with E-state index in [0.29, 0.717) is 39.0 Å². The van der Waals surface area contributed by atoms with Gasteiger partial charge in [0.15, 0.2) is 0 Å². The summed E-state index contributed by atoms with van der Waals surface area (Å²) in [5, 5.41) is 0. The highest BCUT2D eigenvalue weighted by molar-refractivity contribution is 7.89. The number of nitrogens with zero attached hydrogens (tertiary/aromatic N) is 4. The van der Waals surface area contributed by atoms with Crippen molar-refractivity contribution in [1.29, 1.82) is 0 Å². The fourth-order valence-electron chi connectivity index (χ4n) is 4.56. The van der Waals surface area contributed by atoms with Gasteiger partial charge in [-0.05, 0) is 48.7 Å². The van der Waals surface area contributed by atoms with Crippen LogP contribution in [0.25, 0.3) is 0 Å². The lowest BCUT2D eigenvalue weighted by atomic mass is 9.92. The standard InChI is InChI=1S/C24H31F3N4O4S2/c1-28(2)37(34,35)30-16-14-29(15-17-30)20-10-12-22(13-11-20)36(32,33)31(21-7-5-8-21)18-19-6-3-4-9-23(19)24(25,26)27/h3-4,6,9-13,21H,5,7-8,14-18H2,1-2H3. The van der Waals surface area contributed by atoms with Gasteiger partial charge in [-0.2, -0.15) is 34.5 Å². The maximum absolute atomic E-state index is 13.6. The summed E-state index contributed by atoms with van der Waals surface area (Å²) >= 11 is 0. The molecule has 0 amide bonds. The van der Waals surface area contributed by atoms with Crippen molar-refractivity contribution in [3.05, 3.63) is 59.7 Å². The molecule has 2 fully saturated rings. The maximum Gasteiger partial charge on any atom is 0.416 e. The van der Waals surface area contributed by atoms with E-state index >= 15 is 0 Å². The summed E-state index contributed by atoms with van der Waals surface area (Å²) < 4.78 is 96.3. The van der Waals surface area contributed by atoms with Crippen LogP contribution in [-0.2, 0) is 33.0 Å². The second-order valence-electron chi connectivity index (χ2n) is 9.46. The minimum atomic E-state index is -4.58. The van der Waals surface area contributed by atoms with Gasteiger partial charge in [0.2, 0.25) is 10.0 Å². The van der Waals surface area contributed by atoms with Gasteiger partial charge in [0.1, 0.15) is 0 Å². The molecule has 0 aromatic heterocycles. The molecule has 37 heavy (non-hydrogen) atoms. The van der Waals surface area contributed by atoms with Crippen molar-refractivity contribution in [3.63, 3.8) is 0 Å². The molecule has 13 heteroatoms. The Balaban J connectivity index is 1.53. The Morgan fingerprint density at radius 2 is 1.49 bits per heavy atom. The minimum Gasteiger partial charge on any atom is -0.369 e. The van der Waals surface area contributed by atoms with Crippen LogP contribution in [0.1, 0.15) is 30.4 Å². The van der Waals surface area contributed by atoms with Crippen LogP contribution in [0.15, 0.2) is 53.4 Å². The van der Waals surface area contributed by atoms with Crippen molar-refractivity contribution in [2.45, 2.75) is 42.9 Å². The van der Waals surface area contributed by atoms with Crippen molar-refractivity contribution < 1.29 is 30.0 Å². The number of piperazine rings is 1. The average Bonchev–Trinajstić information content (AvgIpc) is 2.82. The first kappa shape index (κ1) is 27.8.